The van der Waals surface area contributed by atoms with Crippen LogP contribution in [0.4, 0.5) is 0 Å². The zero-order valence-electron chi connectivity index (χ0n) is 12.8. The number of rotatable bonds is 8. The summed E-state index contributed by atoms with van der Waals surface area (Å²) < 4.78 is 6.78. The van der Waals surface area contributed by atoms with Gasteiger partial charge in [-0.15, -0.1) is 0 Å². The van der Waals surface area contributed by atoms with E-state index in [9.17, 15) is 5.11 Å². The summed E-state index contributed by atoms with van der Waals surface area (Å²) in [7, 11) is 0. The van der Waals surface area contributed by atoms with E-state index in [1.54, 1.807) is 0 Å². The molecule has 0 radical (unpaired) electrons. The van der Waals surface area contributed by atoms with E-state index < -0.39 is 6.10 Å². The van der Waals surface area contributed by atoms with E-state index in [0.717, 1.165) is 27.8 Å². The maximum Gasteiger partial charge on any atom is 0.123 e. The van der Waals surface area contributed by atoms with Crippen LogP contribution in [0, 0.1) is 0 Å². The topological polar surface area (TPSA) is 41.5 Å². The fourth-order valence-electron chi connectivity index (χ4n) is 2.18. The van der Waals surface area contributed by atoms with E-state index in [1.807, 2.05) is 48.5 Å². The van der Waals surface area contributed by atoms with Crippen LogP contribution in [0.2, 0.25) is 0 Å². The van der Waals surface area contributed by atoms with Crippen LogP contribution in [0.3, 0.4) is 0 Å². The van der Waals surface area contributed by atoms with Gasteiger partial charge in [0, 0.05) is 23.1 Å². The Hall–Kier alpha value is -1.36. The zero-order valence-corrected chi connectivity index (χ0v) is 14.3. The van der Waals surface area contributed by atoms with E-state index in [2.05, 4.69) is 28.2 Å². The summed E-state index contributed by atoms with van der Waals surface area (Å²) in [6.07, 6.45) is 0.476. The highest BCUT2D eigenvalue weighted by Gasteiger charge is 2.08. The van der Waals surface area contributed by atoms with Crippen molar-refractivity contribution in [3.05, 3.63) is 64.1 Å². The van der Waals surface area contributed by atoms with Gasteiger partial charge in [0.15, 0.2) is 0 Å². The standard InChI is InChI=1S/C18H22BrNO2/c1-2-10-22-18-9-8-16(19)11-15(18)12-20-13-17(21)14-6-4-3-5-7-14/h3-9,11,17,20-21H,2,10,12-13H2,1H3/t17-/m0/s1. The zero-order chi connectivity index (χ0) is 15.8. The minimum Gasteiger partial charge on any atom is -0.493 e. The van der Waals surface area contributed by atoms with Crippen LogP contribution in [0.1, 0.15) is 30.6 Å². The lowest BCUT2D eigenvalue weighted by Gasteiger charge is -2.15. The summed E-state index contributed by atoms with van der Waals surface area (Å²) in [4.78, 5) is 0. The Bertz CT molecular complexity index is 575. The summed E-state index contributed by atoms with van der Waals surface area (Å²) >= 11 is 3.49. The Morgan fingerprint density at radius 1 is 1.18 bits per heavy atom. The monoisotopic (exact) mass is 363 g/mol. The lowest BCUT2D eigenvalue weighted by Crippen LogP contribution is -2.21. The minimum atomic E-state index is -0.506. The second-order valence-corrected chi connectivity index (χ2v) is 6.07. The van der Waals surface area contributed by atoms with Crippen LogP contribution in [-0.4, -0.2) is 18.3 Å². The number of hydrogen-bond acceptors (Lipinski definition) is 3. The molecule has 0 saturated heterocycles. The Kier molecular flexibility index (Phi) is 6.90. The molecule has 0 fully saturated rings. The van der Waals surface area contributed by atoms with Crippen LogP contribution in [-0.2, 0) is 6.54 Å². The summed E-state index contributed by atoms with van der Waals surface area (Å²) in [6.45, 7) is 3.96. The molecule has 2 aromatic rings. The predicted molar refractivity (Wildman–Crippen MR) is 93.0 cm³/mol. The fraction of sp³-hybridized carbons (Fsp3) is 0.333. The highest BCUT2D eigenvalue weighted by Crippen LogP contribution is 2.23. The molecule has 2 N–H and O–H groups in total. The van der Waals surface area contributed by atoms with Gasteiger partial charge >= 0.3 is 0 Å². The number of hydrogen-bond donors (Lipinski definition) is 2. The molecular weight excluding hydrogens is 342 g/mol. The van der Waals surface area contributed by atoms with E-state index in [-0.39, 0.29) is 0 Å². The highest BCUT2D eigenvalue weighted by molar-refractivity contribution is 9.10. The van der Waals surface area contributed by atoms with Crippen LogP contribution in [0.15, 0.2) is 53.0 Å². The van der Waals surface area contributed by atoms with Gasteiger partial charge < -0.3 is 15.2 Å². The van der Waals surface area contributed by atoms with Crippen molar-refractivity contribution < 1.29 is 9.84 Å². The molecule has 0 unspecified atom stereocenters. The number of nitrogens with one attached hydrogen (secondary N) is 1. The van der Waals surface area contributed by atoms with Crippen molar-refractivity contribution in [2.24, 2.45) is 0 Å². The number of ether oxygens (including phenoxy) is 1. The second-order valence-electron chi connectivity index (χ2n) is 5.16. The molecule has 22 heavy (non-hydrogen) atoms. The molecule has 0 heterocycles. The van der Waals surface area contributed by atoms with Crippen molar-refractivity contribution in [1.82, 2.24) is 5.32 Å². The van der Waals surface area contributed by atoms with Crippen LogP contribution < -0.4 is 10.1 Å². The quantitative estimate of drug-likeness (QED) is 0.742. The third-order valence-electron chi connectivity index (χ3n) is 3.32. The second kappa shape index (κ2) is 8.93. The van der Waals surface area contributed by atoms with Crippen molar-refractivity contribution in [2.45, 2.75) is 26.0 Å². The number of aliphatic hydroxyl groups is 1. The molecule has 0 aromatic heterocycles. The molecule has 0 spiro atoms. The highest BCUT2D eigenvalue weighted by atomic mass is 79.9. The summed E-state index contributed by atoms with van der Waals surface area (Å²) in [6, 6.07) is 15.7. The van der Waals surface area contributed by atoms with Crippen molar-refractivity contribution in [1.29, 1.82) is 0 Å². The minimum absolute atomic E-state index is 0.504. The van der Waals surface area contributed by atoms with Gasteiger partial charge in [-0.2, -0.15) is 0 Å². The van der Waals surface area contributed by atoms with Crippen molar-refractivity contribution in [3.63, 3.8) is 0 Å². The van der Waals surface area contributed by atoms with E-state index in [0.29, 0.717) is 19.7 Å². The van der Waals surface area contributed by atoms with Gasteiger partial charge in [-0.3, -0.25) is 0 Å². The molecule has 0 amide bonds. The molecule has 0 aliphatic rings. The summed E-state index contributed by atoms with van der Waals surface area (Å²) in [5.41, 5.74) is 2.01. The molecule has 0 aliphatic carbocycles. The largest absolute Gasteiger partial charge is 0.493 e. The van der Waals surface area contributed by atoms with Crippen LogP contribution >= 0.6 is 15.9 Å². The molecule has 2 rings (SSSR count). The van der Waals surface area contributed by atoms with Gasteiger partial charge in [0.1, 0.15) is 5.75 Å². The molecule has 0 saturated carbocycles. The first-order valence-electron chi connectivity index (χ1n) is 7.55. The molecule has 0 bridgehead atoms. The first-order chi connectivity index (χ1) is 10.7. The molecule has 3 nitrogen and oxygen atoms in total. The van der Waals surface area contributed by atoms with Crippen molar-refractivity contribution in [2.75, 3.05) is 13.2 Å². The average molecular weight is 364 g/mol. The predicted octanol–water partition coefficient (Wildman–Crippen LogP) is 4.06. The molecule has 4 heteroatoms. The number of aliphatic hydroxyl groups excluding tert-OH is 1. The lowest BCUT2D eigenvalue weighted by molar-refractivity contribution is 0.174. The number of halogens is 1. The normalized spacial score (nSPS) is 12.1. The van der Waals surface area contributed by atoms with Crippen molar-refractivity contribution in [3.8, 4) is 5.75 Å². The first-order valence-corrected chi connectivity index (χ1v) is 8.35. The van der Waals surface area contributed by atoms with E-state index in [4.69, 9.17) is 4.74 Å². The number of benzene rings is 2. The van der Waals surface area contributed by atoms with Gasteiger partial charge in [0.05, 0.1) is 12.7 Å². The Balaban J connectivity index is 1.92. The Labute approximate surface area is 140 Å². The SMILES string of the molecule is CCCOc1ccc(Br)cc1CNC[C@H](O)c1ccccc1. The Morgan fingerprint density at radius 3 is 2.68 bits per heavy atom. The van der Waals surface area contributed by atoms with Crippen LogP contribution in [0.25, 0.3) is 0 Å². The maximum absolute atomic E-state index is 10.2. The third kappa shape index (κ3) is 5.13. The fourth-order valence-corrected chi connectivity index (χ4v) is 2.58. The molecule has 2 aromatic carbocycles. The van der Waals surface area contributed by atoms with Gasteiger partial charge in [-0.1, -0.05) is 53.2 Å². The lowest BCUT2D eigenvalue weighted by atomic mass is 10.1. The average Bonchev–Trinajstić information content (AvgIpc) is 2.55. The molecule has 1 atom stereocenters. The van der Waals surface area contributed by atoms with Gasteiger partial charge in [-0.25, -0.2) is 0 Å². The molecule has 118 valence electrons. The molecule has 0 aliphatic heterocycles. The summed E-state index contributed by atoms with van der Waals surface area (Å²) in [5.74, 6) is 0.895. The maximum atomic E-state index is 10.2. The third-order valence-corrected chi connectivity index (χ3v) is 3.81. The smallest absolute Gasteiger partial charge is 0.123 e. The summed E-state index contributed by atoms with van der Waals surface area (Å²) in [5, 5.41) is 13.5. The van der Waals surface area contributed by atoms with E-state index >= 15 is 0 Å². The van der Waals surface area contributed by atoms with Gasteiger partial charge in [-0.05, 0) is 30.2 Å². The Morgan fingerprint density at radius 2 is 1.95 bits per heavy atom. The first kappa shape index (κ1) is 17.0. The van der Waals surface area contributed by atoms with Gasteiger partial charge in [0.2, 0.25) is 0 Å². The van der Waals surface area contributed by atoms with Gasteiger partial charge in [0.25, 0.3) is 0 Å². The van der Waals surface area contributed by atoms with E-state index in [1.165, 1.54) is 0 Å². The van der Waals surface area contributed by atoms with Crippen LogP contribution in [0.5, 0.6) is 5.75 Å². The van der Waals surface area contributed by atoms with Crippen molar-refractivity contribution >= 4 is 15.9 Å². The molecular formula is C18H22BrNO2.